The first kappa shape index (κ1) is 13.2. The monoisotopic (exact) mass is 255 g/mol. The molecular formula is C16H17NO2. The molecule has 0 radical (unpaired) electrons. The van der Waals surface area contributed by atoms with Gasteiger partial charge in [-0.05, 0) is 30.5 Å². The van der Waals surface area contributed by atoms with Crippen LogP contribution in [0, 0.1) is 12.3 Å². The molecule has 1 aromatic carbocycles. The summed E-state index contributed by atoms with van der Waals surface area (Å²) in [6.45, 7) is 1.99. The van der Waals surface area contributed by atoms with Crippen LogP contribution in [0.1, 0.15) is 24.5 Å². The van der Waals surface area contributed by atoms with Crippen molar-refractivity contribution in [2.24, 2.45) is 0 Å². The van der Waals surface area contributed by atoms with E-state index in [2.05, 4.69) is 10.9 Å². The number of H-pyrrole nitrogens is 1. The number of fused-ring (bicyclic) bond motifs is 1. The van der Waals surface area contributed by atoms with E-state index in [1.807, 2.05) is 25.1 Å². The van der Waals surface area contributed by atoms with E-state index in [1.165, 1.54) is 0 Å². The summed E-state index contributed by atoms with van der Waals surface area (Å²) in [7, 11) is 1.61. The van der Waals surface area contributed by atoms with E-state index in [-0.39, 0.29) is 5.56 Å². The molecule has 0 saturated carbocycles. The number of methoxy groups -OCH3 is 1. The Hall–Kier alpha value is -2.21. The van der Waals surface area contributed by atoms with Crippen molar-refractivity contribution in [3.63, 3.8) is 0 Å². The van der Waals surface area contributed by atoms with Crippen LogP contribution in [0.2, 0.25) is 0 Å². The number of aromatic amines is 1. The Morgan fingerprint density at radius 2 is 2.16 bits per heavy atom. The number of hydrogen-bond donors (Lipinski definition) is 1. The Labute approximate surface area is 112 Å². The summed E-state index contributed by atoms with van der Waals surface area (Å²) in [6, 6.07) is 5.73. The summed E-state index contributed by atoms with van der Waals surface area (Å²) in [5, 5.41) is 1.05. The molecule has 0 saturated heterocycles. The Kier molecular flexibility index (Phi) is 3.91. The smallest absolute Gasteiger partial charge is 0.251 e. The van der Waals surface area contributed by atoms with Gasteiger partial charge in [0.2, 0.25) is 0 Å². The average molecular weight is 255 g/mol. The molecule has 1 heterocycles. The van der Waals surface area contributed by atoms with Crippen molar-refractivity contribution in [2.45, 2.75) is 26.2 Å². The molecule has 0 bridgehead atoms. The largest absolute Gasteiger partial charge is 0.497 e. The second-order valence-electron chi connectivity index (χ2n) is 4.38. The van der Waals surface area contributed by atoms with Crippen LogP contribution < -0.4 is 10.3 Å². The lowest BCUT2D eigenvalue weighted by molar-refractivity contribution is 0.415. The van der Waals surface area contributed by atoms with Crippen molar-refractivity contribution < 1.29 is 4.74 Å². The van der Waals surface area contributed by atoms with Crippen LogP contribution in [-0.4, -0.2) is 12.1 Å². The van der Waals surface area contributed by atoms with Crippen LogP contribution in [0.3, 0.4) is 0 Å². The molecule has 0 aliphatic carbocycles. The van der Waals surface area contributed by atoms with E-state index in [9.17, 15) is 4.79 Å². The maximum Gasteiger partial charge on any atom is 0.251 e. The predicted molar refractivity (Wildman–Crippen MR) is 77.7 cm³/mol. The fraction of sp³-hybridized carbons (Fsp3) is 0.312. The summed E-state index contributed by atoms with van der Waals surface area (Å²) in [4.78, 5) is 15.0. The Balaban J connectivity index is 2.72. The standard InChI is InChI=1S/C16H17NO2/c1-4-6-7-13-12(5-2)16(18)17-15-10-11(19-3)8-9-14(13)15/h1,8-10H,5-7H2,2-3H3,(H,17,18). The van der Waals surface area contributed by atoms with Crippen LogP contribution in [-0.2, 0) is 12.8 Å². The lowest BCUT2D eigenvalue weighted by Crippen LogP contribution is -2.15. The van der Waals surface area contributed by atoms with Gasteiger partial charge in [-0.1, -0.05) is 6.92 Å². The molecule has 0 atom stereocenters. The number of hydrogen-bond acceptors (Lipinski definition) is 2. The van der Waals surface area contributed by atoms with Crippen molar-refractivity contribution in [1.82, 2.24) is 4.98 Å². The lowest BCUT2D eigenvalue weighted by atomic mass is 9.97. The highest BCUT2D eigenvalue weighted by atomic mass is 16.5. The van der Waals surface area contributed by atoms with Crippen LogP contribution in [0.15, 0.2) is 23.0 Å². The number of pyridine rings is 1. The van der Waals surface area contributed by atoms with Crippen LogP contribution in [0.4, 0.5) is 0 Å². The van der Waals surface area contributed by atoms with Crippen molar-refractivity contribution in [3.8, 4) is 18.1 Å². The summed E-state index contributed by atoms with van der Waals surface area (Å²) >= 11 is 0. The summed E-state index contributed by atoms with van der Waals surface area (Å²) in [6.07, 6.45) is 7.41. The second-order valence-corrected chi connectivity index (χ2v) is 4.38. The maximum absolute atomic E-state index is 12.1. The molecule has 0 amide bonds. The zero-order valence-corrected chi connectivity index (χ0v) is 11.2. The Bertz CT molecular complexity index is 692. The first-order valence-electron chi connectivity index (χ1n) is 6.36. The average Bonchev–Trinajstić information content (AvgIpc) is 2.43. The van der Waals surface area contributed by atoms with Gasteiger partial charge in [0.25, 0.3) is 5.56 Å². The van der Waals surface area contributed by atoms with Gasteiger partial charge in [-0.3, -0.25) is 4.79 Å². The van der Waals surface area contributed by atoms with E-state index in [1.54, 1.807) is 7.11 Å². The van der Waals surface area contributed by atoms with E-state index in [0.717, 1.165) is 34.2 Å². The molecule has 19 heavy (non-hydrogen) atoms. The molecule has 0 aliphatic heterocycles. The molecule has 3 heteroatoms. The van der Waals surface area contributed by atoms with E-state index in [4.69, 9.17) is 11.2 Å². The number of aryl methyl sites for hydroxylation is 1. The lowest BCUT2D eigenvalue weighted by Gasteiger charge is -2.11. The first-order chi connectivity index (χ1) is 9.21. The van der Waals surface area contributed by atoms with Gasteiger partial charge in [0.1, 0.15) is 5.75 Å². The summed E-state index contributed by atoms with van der Waals surface area (Å²) in [5.41, 5.74) is 2.65. The third kappa shape index (κ3) is 2.48. The highest BCUT2D eigenvalue weighted by Gasteiger charge is 2.11. The van der Waals surface area contributed by atoms with Crippen LogP contribution in [0.5, 0.6) is 5.75 Å². The SMILES string of the molecule is C#CCCc1c(CC)c(=O)[nH]c2cc(OC)ccc12. The molecule has 2 aromatic rings. The van der Waals surface area contributed by atoms with E-state index >= 15 is 0 Å². The fourth-order valence-electron chi connectivity index (χ4n) is 2.37. The molecule has 0 fully saturated rings. The molecule has 3 nitrogen and oxygen atoms in total. The number of benzene rings is 1. The maximum atomic E-state index is 12.1. The summed E-state index contributed by atoms with van der Waals surface area (Å²) in [5.74, 6) is 3.37. The van der Waals surface area contributed by atoms with Crippen molar-refractivity contribution >= 4 is 10.9 Å². The van der Waals surface area contributed by atoms with Gasteiger partial charge in [0.15, 0.2) is 0 Å². The molecule has 98 valence electrons. The van der Waals surface area contributed by atoms with E-state index < -0.39 is 0 Å². The second kappa shape index (κ2) is 5.62. The van der Waals surface area contributed by atoms with Gasteiger partial charge in [0.05, 0.1) is 12.6 Å². The number of nitrogens with one attached hydrogen (secondary N) is 1. The van der Waals surface area contributed by atoms with Crippen LogP contribution in [0.25, 0.3) is 10.9 Å². The van der Waals surface area contributed by atoms with Gasteiger partial charge in [-0.25, -0.2) is 0 Å². The zero-order chi connectivity index (χ0) is 13.8. The fourth-order valence-corrected chi connectivity index (χ4v) is 2.37. The highest BCUT2D eigenvalue weighted by Crippen LogP contribution is 2.24. The molecule has 1 aromatic heterocycles. The van der Waals surface area contributed by atoms with Gasteiger partial charge < -0.3 is 9.72 Å². The van der Waals surface area contributed by atoms with Gasteiger partial charge in [0, 0.05) is 23.4 Å². The topological polar surface area (TPSA) is 42.1 Å². The Morgan fingerprint density at radius 1 is 1.37 bits per heavy atom. The summed E-state index contributed by atoms with van der Waals surface area (Å²) < 4.78 is 5.19. The quantitative estimate of drug-likeness (QED) is 0.853. The molecule has 0 spiro atoms. The number of rotatable bonds is 4. The van der Waals surface area contributed by atoms with E-state index in [0.29, 0.717) is 12.8 Å². The molecular weight excluding hydrogens is 238 g/mol. The minimum atomic E-state index is -0.0322. The third-order valence-electron chi connectivity index (χ3n) is 3.31. The van der Waals surface area contributed by atoms with Gasteiger partial charge in [-0.15, -0.1) is 12.3 Å². The van der Waals surface area contributed by atoms with Crippen LogP contribution >= 0.6 is 0 Å². The van der Waals surface area contributed by atoms with Crippen molar-refractivity contribution in [2.75, 3.05) is 7.11 Å². The normalized spacial score (nSPS) is 10.4. The molecule has 0 aliphatic rings. The first-order valence-corrected chi connectivity index (χ1v) is 6.36. The number of terminal acetylenes is 1. The van der Waals surface area contributed by atoms with Gasteiger partial charge in [-0.2, -0.15) is 0 Å². The number of ether oxygens (including phenoxy) is 1. The Morgan fingerprint density at radius 3 is 2.79 bits per heavy atom. The van der Waals surface area contributed by atoms with Gasteiger partial charge >= 0.3 is 0 Å². The molecule has 2 rings (SSSR count). The minimum absolute atomic E-state index is 0.0322. The third-order valence-corrected chi connectivity index (χ3v) is 3.31. The number of aromatic nitrogens is 1. The minimum Gasteiger partial charge on any atom is -0.497 e. The molecule has 0 unspecified atom stereocenters. The zero-order valence-electron chi connectivity index (χ0n) is 11.2. The molecule has 1 N–H and O–H groups in total. The highest BCUT2D eigenvalue weighted by molar-refractivity contribution is 5.84. The van der Waals surface area contributed by atoms with Crippen molar-refractivity contribution in [3.05, 3.63) is 39.7 Å². The predicted octanol–water partition coefficient (Wildman–Crippen LogP) is 2.66. The van der Waals surface area contributed by atoms with Crippen molar-refractivity contribution in [1.29, 1.82) is 0 Å².